The van der Waals surface area contributed by atoms with E-state index >= 15 is 0 Å². The van der Waals surface area contributed by atoms with Crippen LogP contribution >= 0.6 is 0 Å². The fourth-order valence-corrected chi connectivity index (χ4v) is 3.37. The zero-order valence-electron chi connectivity index (χ0n) is 14.1. The van der Waals surface area contributed by atoms with Gasteiger partial charge in [0.15, 0.2) is 5.69 Å². The molecule has 0 N–H and O–H groups in total. The molecule has 1 amide bonds. The summed E-state index contributed by atoms with van der Waals surface area (Å²) < 4.78 is 3.79. The van der Waals surface area contributed by atoms with Crippen LogP contribution < -0.4 is 0 Å². The summed E-state index contributed by atoms with van der Waals surface area (Å²) in [6.07, 6.45) is 7.52. The Morgan fingerprint density at radius 3 is 2.84 bits per heavy atom. The Morgan fingerprint density at radius 2 is 2.08 bits per heavy atom. The van der Waals surface area contributed by atoms with Gasteiger partial charge in [-0.3, -0.25) is 4.79 Å². The minimum atomic E-state index is -0.0651. The number of para-hydroxylation sites is 1. The highest BCUT2D eigenvalue weighted by Crippen LogP contribution is 2.23. The number of hydrogen-bond donors (Lipinski definition) is 0. The van der Waals surface area contributed by atoms with Crippen molar-refractivity contribution in [3.05, 3.63) is 60.4 Å². The second-order valence-electron chi connectivity index (χ2n) is 6.31. The molecule has 3 heterocycles. The van der Waals surface area contributed by atoms with Gasteiger partial charge < -0.3 is 9.47 Å². The number of aromatic nitrogens is 5. The number of imidazole rings is 1. The maximum absolute atomic E-state index is 12.8. The molecule has 4 rings (SSSR count). The first kappa shape index (κ1) is 15.6. The SMILES string of the molecule is Cc1nccn1[C@H]1CCCN(C(=O)c2cn(-c3ccccc3)nn2)C1. The Morgan fingerprint density at radius 1 is 1.24 bits per heavy atom. The Labute approximate surface area is 145 Å². The van der Waals surface area contributed by atoms with Gasteiger partial charge in [-0.15, -0.1) is 5.10 Å². The van der Waals surface area contributed by atoms with Crippen molar-refractivity contribution in [3.8, 4) is 5.69 Å². The lowest BCUT2D eigenvalue weighted by Crippen LogP contribution is -2.41. The minimum absolute atomic E-state index is 0.0651. The highest BCUT2D eigenvalue weighted by atomic mass is 16.2. The zero-order valence-corrected chi connectivity index (χ0v) is 14.1. The van der Waals surface area contributed by atoms with Crippen LogP contribution in [0, 0.1) is 6.92 Å². The van der Waals surface area contributed by atoms with Gasteiger partial charge in [0.05, 0.1) is 17.9 Å². The molecule has 0 radical (unpaired) electrons. The van der Waals surface area contributed by atoms with Crippen molar-refractivity contribution in [2.75, 3.05) is 13.1 Å². The second kappa shape index (κ2) is 6.51. The predicted molar refractivity (Wildman–Crippen MR) is 92.5 cm³/mol. The monoisotopic (exact) mass is 336 g/mol. The van der Waals surface area contributed by atoms with E-state index in [1.165, 1.54) is 0 Å². The number of likely N-dealkylation sites (tertiary alicyclic amines) is 1. The fourth-order valence-electron chi connectivity index (χ4n) is 3.37. The first-order chi connectivity index (χ1) is 12.2. The number of benzene rings is 1. The largest absolute Gasteiger partial charge is 0.335 e. The van der Waals surface area contributed by atoms with Gasteiger partial charge in [0.1, 0.15) is 5.82 Å². The number of carbonyl (C=O) groups is 1. The topological polar surface area (TPSA) is 68.8 Å². The Kier molecular flexibility index (Phi) is 4.05. The van der Waals surface area contributed by atoms with Crippen molar-refractivity contribution in [3.63, 3.8) is 0 Å². The molecular formula is C18H20N6O. The molecule has 1 atom stereocenters. The van der Waals surface area contributed by atoms with Crippen molar-refractivity contribution in [2.45, 2.75) is 25.8 Å². The summed E-state index contributed by atoms with van der Waals surface area (Å²) in [6, 6.07) is 9.94. The summed E-state index contributed by atoms with van der Waals surface area (Å²) >= 11 is 0. The number of aryl methyl sites for hydroxylation is 1. The molecule has 2 aromatic heterocycles. The molecule has 0 bridgehead atoms. The van der Waals surface area contributed by atoms with Gasteiger partial charge in [-0.25, -0.2) is 9.67 Å². The van der Waals surface area contributed by atoms with E-state index in [1.54, 1.807) is 10.9 Å². The molecule has 7 nitrogen and oxygen atoms in total. The third-order valence-electron chi connectivity index (χ3n) is 4.67. The number of amides is 1. The molecule has 1 aliphatic rings. The Bertz CT molecular complexity index is 869. The van der Waals surface area contributed by atoms with Gasteiger partial charge in [0.25, 0.3) is 5.91 Å². The zero-order chi connectivity index (χ0) is 17.2. The highest BCUT2D eigenvalue weighted by molar-refractivity contribution is 5.92. The van der Waals surface area contributed by atoms with Crippen LogP contribution in [0.15, 0.2) is 48.9 Å². The Balaban J connectivity index is 1.51. The number of nitrogens with zero attached hydrogens (tertiary/aromatic N) is 6. The maximum Gasteiger partial charge on any atom is 0.276 e. The quantitative estimate of drug-likeness (QED) is 0.736. The van der Waals surface area contributed by atoms with E-state index < -0.39 is 0 Å². The molecule has 0 aliphatic carbocycles. The summed E-state index contributed by atoms with van der Waals surface area (Å²) in [4.78, 5) is 19.0. The number of piperidine rings is 1. The van der Waals surface area contributed by atoms with Crippen LogP contribution in [0.2, 0.25) is 0 Å². The summed E-state index contributed by atoms with van der Waals surface area (Å²) in [5.41, 5.74) is 1.27. The lowest BCUT2D eigenvalue weighted by atomic mass is 10.0. The van der Waals surface area contributed by atoms with Gasteiger partial charge in [-0.05, 0) is 31.9 Å². The number of hydrogen-bond acceptors (Lipinski definition) is 4. The van der Waals surface area contributed by atoms with Crippen molar-refractivity contribution in [1.82, 2.24) is 29.4 Å². The van der Waals surface area contributed by atoms with Crippen LogP contribution in [-0.2, 0) is 0 Å². The fraction of sp³-hybridized carbons (Fsp3) is 0.333. The molecule has 1 saturated heterocycles. The van der Waals surface area contributed by atoms with E-state index in [2.05, 4.69) is 19.9 Å². The van der Waals surface area contributed by atoms with Crippen molar-refractivity contribution in [2.24, 2.45) is 0 Å². The van der Waals surface area contributed by atoms with Gasteiger partial charge in [-0.2, -0.15) is 0 Å². The first-order valence-electron chi connectivity index (χ1n) is 8.49. The molecular weight excluding hydrogens is 316 g/mol. The third-order valence-corrected chi connectivity index (χ3v) is 4.67. The van der Waals surface area contributed by atoms with Crippen molar-refractivity contribution in [1.29, 1.82) is 0 Å². The smallest absolute Gasteiger partial charge is 0.276 e. The standard InChI is InChI=1S/C18H20N6O/c1-14-19-9-11-23(14)16-8-5-10-22(12-16)18(25)17-13-24(21-20-17)15-6-3-2-4-7-15/h2-4,6-7,9,11,13,16H,5,8,10,12H2,1H3/t16-/m0/s1. The van der Waals surface area contributed by atoms with Gasteiger partial charge in [0, 0.05) is 25.5 Å². The van der Waals surface area contributed by atoms with E-state index in [1.807, 2.05) is 54.5 Å². The molecule has 0 spiro atoms. The van der Waals surface area contributed by atoms with Crippen molar-refractivity contribution < 1.29 is 4.79 Å². The number of carbonyl (C=O) groups excluding carboxylic acids is 1. The van der Waals surface area contributed by atoms with E-state index in [4.69, 9.17) is 0 Å². The summed E-state index contributed by atoms with van der Waals surface area (Å²) in [5, 5.41) is 8.16. The van der Waals surface area contributed by atoms with E-state index in [0.717, 1.165) is 30.9 Å². The van der Waals surface area contributed by atoms with E-state index in [9.17, 15) is 4.79 Å². The summed E-state index contributed by atoms with van der Waals surface area (Å²) in [5.74, 6) is 0.916. The van der Waals surface area contributed by atoms with Gasteiger partial charge in [-0.1, -0.05) is 23.4 Å². The van der Waals surface area contributed by atoms with Crippen LogP contribution in [0.3, 0.4) is 0 Å². The van der Waals surface area contributed by atoms with Crippen LogP contribution in [0.25, 0.3) is 5.69 Å². The first-order valence-corrected chi connectivity index (χ1v) is 8.49. The average molecular weight is 336 g/mol. The van der Waals surface area contributed by atoms with Crippen LogP contribution in [0.4, 0.5) is 0 Å². The molecule has 0 unspecified atom stereocenters. The molecule has 1 aromatic carbocycles. The lowest BCUT2D eigenvalue weighted by molar-refractivity contribution is 0.0672. The van der Waals surface area contributed by atoms with Crippen LogP contribution in [0.5, 0.6) is 0 Å². The minimum Gasteiger partial charge on any atom is -0.335 e. The van der Waals surface area contributed by atoms with E-state index in [0.29, 0.717) is 12.2 Å². The maximum atomic E-state index is 12.8. The molecule has 7 heteroatoms. The highest BCUT2D eigenvalue weighted by Gasteiger charge is 2.27. The molecule has 1 fully saturated rings. The second-order valence-corrected chi connectivity index (χ2v) is 6.31. The molecule has 128 valence electrons. The molecule has 1 aliphatic heterocycles. The number of rotatable bonds is 3. The molecule has 0 saturated carbocycles. The lowest BCUT2D eigenvalue weighted by Gasteiger charge is -2.33. The van der Waals surface area contributed by atoms with Crippen LogP contribution in [-0.4, -0.2) is 48.4 Å². The van der Waals surface area contributed by atoms with Gasteiger partial charge >= 0.3 is 0 Å². The summed E-state index contributed by atoms with van der Waals surface area (Å²) in [6.45, 7) is 3.42. The molecule has 25 heavy (non-hydrogen) atoms. The van der Waals surface area contributed by atoms with Crippen LogP contribution in [0.1, 0.15) is 35.2 Å². The molecule has 3 aromatic rings. The third kappa shape index (κ3) is 3.05. The summed E-state index contributed by atoms with van der Waals surface area (Å²) in [7, 11) is 0. The normalized spacial score (nSPS) is 17.6. The van der Waals surface area contributed by atoms with Crippen molar-refractivity contribution >= 4 is 5.91 Å². The average Bonchev–Trinajstić information content (AvgIpc) is 3.31. The Hall–Kier alpha value is -2.96. The van der Waals surface area contributed by atoms with Gasteiger partial charge in [0.2, 0.25) is 0 Å². The predicted octanol–water partition coefficient (Wildman–Crippen LogP) is 2.25. The van der Waals surface area contributed by atoms with E-state index in [-0.39, 0.29) is 11.9 Å².